The Hall–Kier alpha value is -4.84. The monoisotopic (exact) mass is 470 g/mol. The minimum Gasteiger partial charge on any atom is -0.398 e. The van der Waals surface area contributed by atoms with Gasteiger partial charge in [-0.3, -0.25) is 9.59 Å². The number of carbonyl (C=O) groups is 2. The van der Waals surface area contributed by atoms with Gasteiger partial charge in [-0.05, 0) is 47.5 Å². The molecule has 0 atom stereocenters. The van der Waals surface area contributed by atoms with Crippen LogP contribution in [0, 0.1) is 0 Å². The van der Waals surface area contributed by atoms with Crippen LogP contribution in [0.3, 0.4) is 0 Å². The number of imide groups is 1. The van der Waals surface area contributed by atoms with Gasteiger partial charge in [-0.2, -0.15) is 9.13 Å². The minimum absolute atomic E-state index is 0.341. The lowest BCUT2D eigenvalue weighted by molar-refractivity contribution is -0.794. The lowest BCUT2D eigenvalue weighted by atomic mass is 9.92. The Morgan fingerprint density at radius 3 is 2.28 bits per heavy atom. The van der Waals surface area contributed by atoms with Crippen LogP contribution in [0.1, 0.15) is 20.7 Å². The molecule has 3 aromatic carbocycles. The zero-order valence-electron chi connectivity index (χ0n) is 19.4. The molecule has 0 fully saturated rings. The summed E-state index contributed by atoms with van der Waals surface area (Å²) in [6.45, 7) is 1.84. The zero-order valence-corrected chi connectivity index (χ0v) is 19.4. The van der Waals surface area contributed by atoms with Crippen molar-refractivity contribution in [1.82, 2.24) is 0 Å². The molecule has 7 rings (SSSR count). The number of amides is 2. The van der Waals surface area contributed by atoms with Gasteiger partial charge >= 0.3 is 0 Å². The lowest BCUT2D eigenvalue weighted by Crippen LogP contribution is -2.52. The van der Waals surface area contributed by atoms with E-state index in [-0.39, 0.29) is 11.8 Å². The van der Waals surface area contributed by atoms with Crippen LogP contribution in [0.5, 0.6) is 0 Å². The standard InChI is InChI=1S/C30H21N4O2/c31-25-11-10-24-28-22(25)7-4-8-23(28)29(35)34(30(24)36)21-6-3-5-19(17-21)20-12-14-33-16-15-32-13-2-1-9-26(32)27(33)18-20/h1-14,17-18H,15-16H2,(H-,31,35,36)/q+1/p+1. The molecule has 0 radical (unpaired) electrons. The number of hydrogen-bond donors (Lipinski definition) is 1. The number of anilines is 2. The molecule has 4 heterocycles. The lowest BCUT2D eigenvalue weighted by Gasteiger charge is -2.28. The third-order valence-corrected chi connectivity index (χ3v) is 7.20. The third kappa shape index (κ3) is 2.91. The fourth-order valence-electron chi connectivity index (χ4n) is 5.42. The number of fused-ring (bicyclic) bond motifs is 3. The van der Waals surface area contributed by atoms with Gasteiger partial charge in [-0.15, -0.1) is 0 Å². The van der Waals surface area contributed by atoms with E-state index in [0.29, 0.717) is 27.9 Å². The molecule has 6 nitrogen and oxygen atoms in total. The highest BCUT2D eigenvalue weighted by atomic mass is 16.2. The molecular formula is C30H22N4O2+2. The van der Waals surface area contributed by atoms with Crippen LogP contribution in [-0.4, -0.2) is 11.8 Å². The van der Waals surface area contributed by atoms with Crippen molar-refractivity contribution in [1.29, 1.82) is 0 Å². The number of rotatable bonds is 2. The van der Waals surface area contributed by atoms with Crippen LogP contribution in [0.25, 0.3) is 33.3 Å². The highest BCUT2D eigenvalue weighted by Gasteiger charge is 2.35. The van der Waals surface area contributed by atoms with Crippen LogP contribution in [-0.2, 0) is 13.1 Å². The highest BCUT2D eigenvalue weighted by Crippen LogP contribution is 2.36. The Balaban J connectivity index is 1.33. The fraction of sp³-hybridized carbons (Fsp3) is 0.0667. The predicted octanol–water partition coefficient (Wildman–Crippen LogP) is 4.15. The SMILES string of the molecule is Nc1ccc2c3c(cccc13)C(=O)N(c1cccc(-c3cc[n+]4c(c3)-c3cccc[n+]3CC4)c1)C2=O. The van der Waals surface area contributed by atoms with E-state index in [1.54, 1.807) is 30.3 Å². The maximum absolute atomic E-state index is 13.6. The van der Waals surface area contributed by atoms with E-state index in [1.165, 1.54) is 4.90 Å². The van der Waals surface area contributed by atoms with Crippen LogP contribution < -0.4 is 19.8 Å². The smallest absolute Gasteiger partial charge is 0.278 e. The molecule has 2 N–H and O–H groups in total. The van der Waals surface area contributed by atoms with Gasteiger partial charge in [0.2, 0.25) is 13.1 Å². The van der Waals surface area contributed by atoms with Gasteiger partial charge in [-0.1, -0.05) is 24.3 Å². The topological polar surface area (TPSA) is 71.2 Å². The first-order chi connectivity index (χ1) is 17.6. The van der Waals surface area contributed by atoms with Crippen LogP contribution in [0.2, 0.25) is 0 Å². The normalized spacial score (nSPS) is 14.1. The van der Waals surface area contributed by atoms with Gasteiger partial charge in [0.15, 0.2) is 12.4 Å². The van der Waals surface area contributed by atoms with Gasteiger partial charge in [0.05, 0.1) is 5.69 Å². The molecule has 2 amide bonds. The predicted molar refractivity (Wildman–Crippen MR) is 137 cm³/mol. The van der Waals surface area contributed by atoms with Crippen molar-refractivity contribution in [3.8, 4) is 22.5 Å². The van der Waals surface area contributed by atoms with Crippen molar-refractivity contribution in [3.05, 3.63) is 108 Å². The van der Waals surface area contributed by atoms with E-state index in [0.717, 1.165) is 41.0 Å². The first kappa shape index (κ1) is 20.5. The molecule has 0 bridgehead atoms. The summed E-state index contributed by atoms with van der Waals surface area (Å²) in [5.74, 6) is -0.681. The van der Waals surface area contributed by atoms with Crippen LogP contribution in [0.15, 0.2) is 97.3 Å². The molecular weight excluding hydrogens is 448 g/mol. The van der Waals surface area contributed by atoms with Crippen molar-refractivity contribution >= 4 is 34.0 Å². The van der Waals surface area contributed by atoms with E-state index >= 15 is 0 Å². The quantitative estimate of drug-likeness (QED) is 0.239. The zero-order chi connectivity index (χ0) is 24.4. The second kappa shape index (κ2) is 7.58. The molecule has 2 aliphatic heterocycles. The highest BCUT2D eigenvalue weighted by molar-refractivity contribution is 6.36. The number of nitrogen functional groups attached to an aromatic ring is 1. The number of aryl methyl sites for hydroxylation is 2. The largest absolute Gasteiger partial charge is 0.398 e. The van der Waals surface area contributed by atoms with Crippen molar-refractivity contribution in [2.45, 2.75) is 13.1 Å². The second-order valence-electron chi connectivity index (χ2n) is 9.20. The van der Waals surface area contributed by atoms with Gasteiger partial charge in [0, 0.05) is 51.9 Å². The third-order valence-electron chi connectivity index (χ3n) is 7.20. The molecule has 2 aromatic heterocycles. The summed E-state index contributed by atoms with van der Waals surface area (Å²) in [4.78, 5) is 28.4. The molecule has 0 spiro atoms. The molecule has 2 aliphatic rings. The summed E-state index contributed by atoms with van der Waals surface area (Å²) in [5, 5.41) is 1.35. The Kier molecular flexibility index (Phi) is 4.32. The number of benzene rings is 3. The van der Waals surface area contributed by atoms with E-state index in [1.807, 2.05) is 36.4 Å². The molecule has 6 heteroatoms. The van der Waals surface area contributed by atoms with E-state index in [9.17, 15) is 9.59 Å². The molecule has 36 heavy (non-hydrogen) atoms. The molecule has 5 aromatic rings. The van der Waals surface area contributed by atoms with E-state index in [4.69, 9.17) is 5.73 Å². The first-order valence-corrected chi connectivity index (χ1v) is 11.9. The maximum Gasteiger partial charge on any atom is 0.278 e. The van der Waals surface area contributed by atoms with Gasteiger partial charge < -0.3 is 5.73 Å². The molecule has 0 aliphatic carbocycles. The summed E-state index contributed by atoms with van der Waals surface area (Å²) in [5.41, 5.74) is 12.4. The number of nitrogens with two attached hydrogens (primary N) is 1. The Morgan fingerprint density at radius 1 is 0.667 bits per heavy atom. The van der Waals surface area contributed by atoms with Crippen LogP contribution >= 0.6 is 0 Å². The Morgan fingerprint density at radius 2 is 1.42 bits per heavy atom. The second-order valence-corrected chi connectivity index (χ2v) is 9.20. The average Bonchev–Trinajstić information content (AvgIpc) is 2.92. The Labute approximate surface area is 207 Å². The van der Waals surface area contributed by atoms with Gasteiger partial charge in [0.1, 0.15) is 0 Å². The van der Waals surface area contributed by atoms with Crippen molar-refractivity contribution in [3.63, 3.8) is 0 Å². The van der Waals surface area contributed by atoms with Crippen molar-refractivity contribution in [2.75, 3.05) is 10.6 Å². The number of carbonyl (C=O) groups excluding carboxylic acids is 2. The summed E-state index contributed by atoms with van der Waals surface area (Å²) in [6, 6.07) is 26.9. The Bertz CT molecular complexity index is 1740. The number of nitrogens with zero attached hydrogens (tertiary/aromatic N) is 3. The number of hydrogen-bond acceptors (Lipinski definition) is 3. The van der Waals surface area contributed by atoms with Crippen molar-refractivity contribution in [2.24, 2.45) is 0 Å². The van der Waals surface area contributed by atoms with Gasteiger partial charge in [-0.25, -0.2) is 4.90 Å². The molecule has 0 saturated carbocycles. The first-order valence-electron chi connectivity index (χ1n) is 11.9. The summed E-state index contributed by atoms with van der Waals surface area (Å²) in [6.07, 6.45) is 4.21. The maximum atomic E-state index is 13.6. The van der Waals surface area contributed by atoms with Crippen LogP contribution in [0.4, 0.5) is 11.4 Å². The fourth-order valence-corrected chi connectivity index (χ4v) is 5.42. The molecule has 0 saturated heterocycles. The molecule has 0 unspecified atom stereocenters. The van der Waals surface area contributed by atoms with E-state index in [2.05, 4.69) is 39.7 Å². The van der Waals surface area contributed by atoms with Crippen molar-refractivity contribution < 1.29 is 18.7 Å². The molecule has 172 valence electrons. The van der Waals surface area contributed by atoms with E-state index < -0.39 is 0 Å². The van der Waals surface area contributed by atoms with Gasteiger partial charge in [0.25, 0.3) is 23.2 Å². The minimum atomic E-state index is -0.341. The summed E-state index contributed by atoms with van der Waals surface area (Å²) in [7, 11) is 0. The summed E-state index contributed by atoms with van der Waals surface area (Å²) < 4.78 is 4.51. The number of aromatic nitrogens is 2. The summed E-state index contributed by atoms with van der Waals surface area (Å²) >= 11 is 0. The number of pyridine rings is 2. The average molecular weight is 471 g/mol.